The summed E-state index contributed by atoms with van der Waals surface area (Å²) in [7, 11) is 0. The van der Waals surface area contributed by atoms with Gasteiger partial charge in [-0.3, -0.25) is 4.79 Å². The van der Waals surface area contributed by atoms with Gasteiger partial charge in [-0.2, -0.15) is 5.21 Å². The van der Waals surface area contributed by atoms with Gasteiger partial charge in [-0.25, -0.2) is 9.36 Å². The number of hydrogen-bond acceptors (Lipinski definition) is 7. The topological polar surface area (TPSA) is 126 Å². The van der Waals surface area contributed by atoms with Crippen LogP contribution in [0.2, 0.25) is 0 Å². The van der Waals surface area contributed by atoms with Crippen molar-refractivity contribution in [1.82, 2.24) is 25.2 Å². The first kappa shape index (κ1) is 18.7. The molecule has 3 heterocycles. The molecule has 5 aromatic rings. The Hall–Kier alpha value is -4.31. The summed E-state index contributed by atoms with van der Waals surface area (Å²) in [5.41, 5.74) is 1.55. The third-order valence-electron chi connectivity index (χ3n) is 4.75. The maximum atomic E-state index is 13.2. The molecule has 0 saturated carbocycles. The second-order valence-electron chi connectivity index (χ2n) is 6.60. The van der Waals surface area contributed by atoms with Gasteiger partial charge in [0.05, 0.1) is 16.0 Å². The molecule has 3 N–H and O–H groups in total. The van der Waals surface area contributed by atoms with Crippen LogP contribution in [0.1, 0.15) is 15.2 Å². The predicted molar refractivity (Wildman–Crippen MR) is 115 cm³/mol. The second kappa shape index (κ2) is 7.50. The summed E-state index contributed by atoms with van der Waals surface area (Å²) in [6, 6.07) is 16.7. The van der Waals surface area contributed by atoms with Crippen LogP contribution in [0.4, 0.5) is 10.5 Å². The standard InChI is InChI=1S/C21H14N6O3S/c28-18(16-7-4-10-31-16)17-14-11-12(19-23-25-26-24-19)8-9-15(14)27(20(17)29)21(30)22-13-5-2-1-3-6-13/h1-11,29H,(H,22,30)(H,23,24,25,26). The highest BCUT2D eigenvalue weighted by molar-refractivity contribution is 7.12. The van der Waals surface area contributed by atoms with Crippen molar-refractivity contribution < 1.29 is 14.7 Å². The molecule has 31 heavy (non-hydrogen) atoms. The molecule has 1 amide bonds. The number of fused-ring (bicyclic) bond motifs is 1. The fourth-order valence-corrected chi connectivity index (χ4v) is 4.03. The van der Waals surface area contributed by atoms with Gasteiger partial charge in [0.1, 0.15) is 0 Å². The largest absolute Gasteiger partial charge is 0.494 e. The van der Waals surface area contributed by atoms with E-state index in [-0.39, 0.29) is 11.3 Å². The van der Waals surface area contributed by atoms with E-state index >= 15 is 0 Å². The highest BCUT2D eigenvalue weighted by atomic mass is 32.1. The summed E-state index contributed by atoms with van der Waals surface area (Å²) in [4.78, 5) is 26.7. The molecule has 3 aromatic heterocycles. The molecule has 9 nitrogen and oxygen atoms in total. The molecule has 5 rings (SSSR count). The van der Waals surface area contributed by atoms with Crippen molar-refractivity contribution in [3.63, 3.8) is 0 Å². The predicted octanol–water partition coefficient (Wildman–Crippen LogP) is 3.90. The minimum absolute atomic E-state index is 0.0333. The number of rotatable bonds is 4. The Labute approximate surface area is 179 Å². The molecule has 0 unspecified atom stereocenters. The van der Waals surface area contributed by atoms with Gasteiger partial charge >= 0.3 is 6.03 Å². The summed E-state index contributed by atoms with van der Waals surface area (Å²) < 4.78 is 1.09. The van der Waals surface area contributed by atoms with E-state index in [9.17, 15) is 14.7 Å². The van der Waals surface area contributed by atoms with Crippen LogP contribution in [0.25, 0.3) is 22.3 Å². The molecule has 0 fully saturated rings. The van der Waals surface area contributed by atoms with Crippen LogP contribution >= 0.6 is 11.3 Å². The van der Waals surface area contributed by atoms with Gasteiger partial charge in [0.2, 0.25) is 17.5 Å². The lowest BCUT2D eigenvalue weighted by Gasteiger charge is -2.08. The number of ketones is 1. The van der Waals surface area contributed by atoms with Gasteiger partial charge in [-0.05, 0) is 47.0 Å². The number of thiophene rings is 1. The lowest BCUT2D eigenvalue weighted by molar-refractivity contribution is 0.104. The molecular formula is C21H14N6O3S. The van der Waals surface area contributed by atoms with Crippen molar-refractivity contribution in [3.8, 4) is 17.3 Å². The van der Waals surface area contributed by atoms with Crippen molar-refractivity contribution in [2.24, 2.45) is 0 Å². The number of aromatic hydroxyl groups is 1. The number of H-pyrrole nitrogens is 1. The fourth-order valence-electron chi connectivity index (χ4n) is 3.36. The fraction of sp³-hybridized carbons (Fsp3) is 0. The van der Waals surface area contributed by atoms with E-state index in [0.29, 0.717) is 32.9 Å². The first-order valence-electron chi connectivity index (χ1n) is 9.19. The number of tetrazole rings is 1. The Bertz CT molecular complexity index is 1390. The van der Waals surface area contributed by atoms with Gasteiger partial charge in [0.25, 0.3) is 0 Å². The number of hydrogen-bond donors (Lipinski definition) is 3. The van der Waals surface area contributed by atoms with Crippen LogP contribution in [-0.2, 0) is 0 Å². The van der Waals surface area contributed by atoms with E-state index < -0.39 is 11.9 Å². The van der Waals surface area contributed by atoms with Crippen molar-refractivity contribution in [3.05, 3.63) is 76.5 Å². The number of aromatic amines is 1. The van der Waals surface area contributed by atoms with Crippen LogP contribution in [0.5, 0.6) is 5.88 Å². The average molecular weight is 430 g/mol. The maximum absolute atomic E-state index is 13.2. The van der Waals surface area contributed by atoms with Crippen LogP contribution in [0.3, 0.4) is 0 Å². The molecule has 0 spiro atoms. The summed E-state index contributed by atoms with van der Waals surface area (Å²) in [5.74, 6) is -0.487. The van der Waals surface area contributed by atoms with Crippen LogP contribution in [-0.4, -0.2) is 42.1 Å². The number of anilines is 1. The summed E-state index contributed by atoms with van der Waals surface area (Å²) in [6.07, 6.45) is 0. The summed E-state index contributed by atoms with van der Waals surface area (Å²) >= 11 is 1.26. The molecule has 0 aliphatic carbocycles. The SMILES string of the molecule is O=C(c1cccs1)c1c(O)n(C(=O)Nc2ccccc2)c2ccc(-c3nn[nH]n3)cc12. The van der Waals surface area contributed by atoms with Crippen molar-refractivity contribution in [2.45, 2.75) is 0 Å². The van der Waals surface area contributed by atoms with Crippen LogP contribution in [0.15, 0.2) is 66.0 Å². The second-order valence-corrected chi connectivity index (χ2v) is 7.55. The maximum Gasteiger partial charge on any atom is 0.333 e. The number of nitrogens with zero attached hydrogens (tertiary/aromatic N) is 4. The van der Waals surface area contributed by atoms with E-state index in [1.54, 1.807) is 60.0 Å². The van der Waals surface area contributed by atoms with Gasteiger partial charge in [0.15, 0.2) is 0 Å². The van der Waals surface area contributed by atoms with Crippen molar-refractivity contribution in [2.75, 3.05) is 5.32 Å². The minimum atomic E-state index is -0.591. The molecule has 152 valence electrons. The third-order valence-corrected chi connectivity index (χ3v) is 5.61. The van der Waals surface area contributed by atoms with E-state index in [1.807, 2.05) is 6.07 Å². The monoisotopic (exact) mass is 430 g/mol. The third kappa shape index (κ3) is 3.24. The minimum Gasteiger partial charge on any atom is -0.494 e. The number of amides is 1. The van der Waals surface area contributed by atoms with Gasteiger partial charge in [-0.1, -0.05) is 24.3 Å². The molecular weight excluding hydrogens is 416 g/mol. The molecule has 0 bridgehead atoms. The van der Waals surface area contributed by atoms with Crippen LogP contribution < -0.4 is 5.32 Å². The normalized spacial score (nSPS) is 11.0. The Morgan fingerprint density at radius 1 is 1.06 bits per heavy atom. The highest BCUT2D eigenvalue weighted by Gasteiger charge is 2.27. The number of carbonyl (C=O) groups is 2. The Morgan fingerprint density at radius 2 is 1.90 bits per heavy atom. The first-order chi connectivity index (χ1) is 15.1. The Balaban J connectivity index is 1.69. The molecule has 0 saturated heterocycles. The van der Waals surface area contributed by atoms with Crippen molar-refractivity contribution >= 4 is 39.7 Å². The van der Waals surface area contributed by atoms with E-state index in [1.165, 1.54) is 11.3 Å². The van der Waals surface area contributed by atoms with E-state index in [4.69, 9.17) is 0 Å². The summed E-state index contributed by atoms with van der Waals surface area (Å²) in [5, 5.41) is 29.8. The van der Waals surface area contributed by atoms with Crippen molar-refractivity contribution in [1.29, 1.82) is 0 Å². The smallest absolute Gasteiger partial charge is 0.333 e. The number of carbonyl (C=O) groups excluding carboxylic acids is 2. The van der Waals surface area contributed by atoms with Gasteiger partial charge in [0, 0.05) is 16.6 Å². The number of aromatic nitrogens is 5. The molecule has 0 aliphatic heterocycles. The molecule has 0 aliphatic rings. The van der Waals surface area contributed by atoms with Gasteiger partial charge in [-0.15, -0.1) is 21.5 Å². The number of para-hydroxylation sites is 1. The lowest BCUT2D eigenvalue weighted by Crippen LogP contribution is -2.19. The zero-order chi connectivity index (χ0) is 21.4. The zero-order valence-electron chi connectivity index (χ0n) is 15.8. The highest BCUT2D eigenvalue weighted by Crippen LogP contribution is 2.36. The van der Waals surface area contributed by atoms with Crippen LogP contribution in [0, 0.1) is 0 Å². The number of nitrogens with one attached hydrogen (secondary N) is 2. The Kier molecular flexibility index (Phi) is 4.53. The van der Waals surface area contributed by atoms with Gasteiger partial charge < -0.3 is 10.4 Å². The summed E-state index contributed by atoms with van der Waals surface area (Å²) in [6.45, 7) is 0. The average Bonchev–Trinajstić information content (AvgIpc) is 3.53. The quantitative estimate of drug-likeness (QED) is 0.371. The molecule has 2 aromatic carbocycles. The van der Waals surface area contributed by atoms with E-state index in [2.05, 4.69) is 25.9 Å². The van der Waals surface area contributed by atoms with E-state index in [0.717, 1.165) is 4.57 Å². The lowest BCUT2D eigenvalue weighted by atomic mass is 10.0. The number of benzene rings is 2. The first-order valence-corrected chi connectivity index (χ1v) is 10.1. The Morgan fingerprint density at radius 3 is 2.61 bits per heavy atom. The molecule has 0 atom stereocenters. The zero-order valence-corrected chi connectivity index (χ0v) is 16.6. The molecule has 10 heteroatoms. The molecule has 0 radical (unpaired) electrons.